The quantitative estimate of drug-likeness (QED) is 0.705. The maximum absolute atomic E-state index is 12.5. The molecule has 1 saturated heterocycles. The number of amides is 1. The van der Waals surface area contributed by atoms with E-state index in [1.165, 1.54) is 75.6 Å². The number of nitrogens with one attached hydrogen (secondary N) is 1. The smallest absolute Gasteiger partial charge is 0.220 e. The Labute approximate surface area is 192 Å². The first-order valence-corrected chi connectivity index (χ1v) is 13.0. The number of hydrogen-bond acceptors (Lipinski definition) is 4. The lowest BCUT2D eigenvalue weighted by Gasteiger charge is -2.34. The average Bonchev–Trinajstić information content (AvgIpc) is 3.54. The van der Waals surface area contributed by atoms with Crippen molar-refractivity contribution in [1.82, 2.24) is 24.8 Å². The first kappa shape index (κ1) is 21.9. The van der Waals surface area contributed by atoms with Gasteiger partial charge in [0.25, 0.3) is 0 Å². The van der Waals surface area contributed by atoms with E-state index in [1.807, 2.05) is 4.52 Å². The number of likely N-dealkylation sites (tertiary alicyclic amines) is 1. The predicted molar refractivity (Wildman–Crippen MR) is 127 cm³/mol. The van der Waals surface area contributed by atoms with Crippen LogP contribution in [-0.2, 0) is 11.2 Å². The second-order valence-corrected chi connectivity index (χ2v) is 10.3. The molecule has 1 unspecified atom stereocenters. The van der Waals surface area contributed by atoms with Crippen molar-refractivity contribution in [3.63, 3.8) is 0 Å². The summed E-state index contributed by atoms with van der Waals surface area (Å²) >= 11 is 0. The van der Waals surface area contributed by atoms with Gasteiger partial charge in [-0.25, -0.2) is 9.50 Å². The third kappa shape index (κ3) is 4.43. The monoisotopic (exact) mass is 437 g/mol. The third-order valence-corrected chi connectivity index (χ3v) is 8.18. The lowest BCUT2D eigenvalue weighted by atomic mass is 9.93. The molecule has 1 aliphatic heterocycles. The van der Waals surface area contributed by atoms with Crippen LogP contribution in [0.25, 0.3) is 5.65 Å². The molecule has 2 aromatic rings. The van der Waals surface area contributed by atoms with Crippen LogP contribution in [0.5, 0.6) is 0 Å². The molecule has 0 radical (unpaired) electrons. The highest BCUT2D eigenvalue weighted by Gasteiger charge is 2.34. The van der Waals surface area contributed by atoms with Crippen LogP contribution in [0.15, 0.2) is 6.07 Å². The van der Waals surface area contributed by atoms with Gasteiger partial charge >= 0.3 is 0 Å². The molecule has 32 heavy (non-hydrogen) atoms. The summed E-state index contributed by atoms with van der Waals surface area (Å²) in [4.78, 5) is 20.1. The Hall–Kier alpha value is -1.95. The topological polar surface area (TPSA) is 62.5 Å². The fraction of sp³-hybridized carbons (Fsp3) is 0.731. The van der Waals surface area contributed by atoms with E-state index >= 15 is 0 Å². The summed E-state index contributed by atoms with van der Waals surface area (Å²) in [5.41, 5.74) is 5.47. The molecule has 3 fully saturated rings. The van der Waals surface area contributed by atoms with Gasteiger partial charge in [0, 0.05) is 36.0 Å². The molecule has 0 aromatic carbocycles. The zero-order chi connectivity index (χ0) is 22.1. The molecule has 2 aromatic heterocycles. The maximum Gasteiger partial charge on any atom is 0.220 e. The highest BCUT2D eigenvalue weighted by Crippen LogP contribution is 2.37. The zero-order valence-corrected chi connectivity index (χ0v) is 19.9. The Morgan fingerprint density at radius 1 is 1.03 bits per heavy atom. The lowest BCUT2D eigenvalue weighted by molar-refractivity contribution is -0.121. The fourth-order valence-electron chi connectivity index (χ4n) is 6.43. The fourth-order valence-corrected chi connectivity index (χ4v) is 6.43. The molecule has 1 amide bonds. The van der Waals surface area contributed by atoms with E-state index < -0.39 is 0 Å². The van der Waals surface area contributed by atoms with Crippen molar-refractivity contribution in [2.75, 3.05) is 6.54 Å². The van der Waals surface area contributed by atoms with Crippen LogP contribution in [0.4, 0.5) is 0 Å². The summed E-state index contributed by atoms with van der Waals surface area (Å²) in [6.07, 6.45) is 15.3. The number of fused-ring (bicyclic) bond motifs is 1. The van der Waals surface area contributed by atoms with Crippen LogP contribution < -0.4 is 5.32 Å². The van der Waals surface area contributed by atoms with Crippen molar-refractivity contribution in [2.45, 2.75) is 115 Å². The minimum atomic E-state index is 0.172. The van der Waals surface area contributed by atoms with Gasteiger partial charge in [-0.2, -0.15) is 5.10 Å². The van der Waals surface area contributed by atoms with E-state index in [4.69, 9.17) is 10.1 Å². The van der Waals surface area contributed by atoms with E-state index in [0.29, 0.717) is 18.5 Å². The first-order chi connectivity index (χ1) is 15.6. The molecule has 1 N–H and O–H groups in total. The van der Waals surface area contributed by atoms with Gasteiger partial charge in [0.15, 0.2) is 5.65 Å². The molecular formula is C26H39N5O. The second kappa shape index (κ2) is 9.50. The molecule has 174 valence electrons. The lowest BCUT2D eigenvalue weighted by Crippen LogP contribution is -2.36. The van der Waals surface area contributed by atoms with E-state index in [9.17, 15) is 4.79 Å². The van der Waals surface area contributed by atoms with Gasteiger partial charge in [0.2, 0.25) is 5.91 Å². The number of nitrogens with zero attached hydrogens (tertiary/aromatic N) is 4. The van der Waals surface area contributed by atoms with Crippen molar-refractivity contribution < 1.29 is 4.79 Å². The molecule has 2 saturated carbocycles. The molecule has 0 spiro atoms. The van der Waals surface area contributed by atoms with Crippen LogP contribution in [0.1, 0.15) is 106 Å². The summed E-state index contributed by atoms with van der Waals surface area (Å²) in [5.74, 6) is 0.172. The zero-order valence-electron chi connectivity index (χ0n) is 19.9. The number of rotatable bonds is 6. The first-order valence-electron chi connectivity index (χ1n) is 13.0. The van der Waals surface area contributed by atoms with E-state index in [1.54, 1.807) is 0 Å². The Morgan fingerprint density at radius 3 is 2.56 bits per heavy atom. The molecule has 5 rings (SSSR count). The summed E-state index contributed by atoms with van der Waals surface area (Å²) in [6, 6.07) is 3.76. The van der Waals surface area contributed by atoms with Gasteiger partial charge in [-0.15, -0.1) is 0 Å². The van der Waals surface area contributed by atoms with Gasteiger partial charge in [0.1, 0.15) is 0 Å². The summed E-state index contributed by atoms with van der Waals surface area (Å²) in [5, 5.41) is 8.28. The van der Waals surface area contributed by atoms with E-state index in [2.05, 4.69) is 30.1 Å². The van der Waals surface area contributed by atoms with Gasteiger partial charge in [-0.3, -0.25) is 9.69 Å². The second-order valence-electron chi connectivity index (χ2n) is 10.3. The molecule has 3 heterocycles. The summed E-state index contributed by atoms with van der Waals surface area (Å²) < 4.78 is 2.03. The Morgan fingerprint density at radius 2 is 1.78 bits per heavy atom. The van der Waals surface area contributed by atoms with E-state index in [-0.39, 0.29) is 5.91 Å². The molecule has 3 aliphatic rings. The van der Waals surface area contributed by atoms with Gasteiger partial charge < -0.3 is 5.32 Å². The standard InChI is InChI=1S/C26H39N5O/c1-18-22(14-15-26(32)28-20-9-6-7-10-20)19(2)31-25(27-18)17-23(29-31)24-13-8-16-30(24)21-11-4-3-5-12-21/h17,20-21,24H,3-16H2,1-2H3,(H,28,32). The third-order valence-electron chi connectivity index (χ3n) is 8.18. The number of hydrogen-bond donors (Lipinski definition) is 1. The maximum atomic E-state index is 12.5. The van der Waals surface area contributed by atoms with Gasteiger partial charge in [0.05, 0.1) is 11.7 Å². The predicted octanol–water partition coefficient (Wildman–Crippen LogP) is 4.81. The van der Waals surface area contributed by atoms with Crippen molar-refractivity contribution in [3.8, 4) is 0 Å². The normalized spacial score (nSPS) is 23.4. The number of aromatic nitrogens is 3. The number of carbonyl (C=O) groups is 1. The molecule has 6 nitrogen and oxygen atoms in total. The van der Waals surface area contributed by atoms with Crippen LogP contribution in [0, 0.1) is 13.8 Å². The Balaban J connectivity index is 1.32. The average molecular weight is 438 g/mol. The Kier molecular flexibility index (Phi) is 6.49. The van der Waals surface area contributed by atoms with Crippen LogP contribution in [0.3, 0.4) is 0 Å². The number of aryl methyl sites for hydroxylation is 2. The van der Waals surface area contributed by atoms with Crippen molar-refractivity contribution in [2.24, 2.45) is 0 Å². The largest absolute Gasteiger partial charge is 0.353 e. The molecule has 2 aliphatic carbocycles. The summed E-state index contributed by atoms with van der Waals surface area (Å²) in [6.45, 7) is 5.42. The minimum Gasteiger partial charge on any atom is -0.353 e. The Bertz CT molecular complexity index is 955. The van der Waals surface area contributed by atoms with E-state index in [0.717, 1.165) is 42.3 Å². The van der Waals surface area contributed by atoms with Crippen molar-refractivity contribution in [3.05, 3.63) is 28.7 Å². The SMILES string of the molecule is Cc1nc2cc(C3CCCN3C3CCCCC3)nn2c(C)c1CCC(=O)NC1CCCC1. The highest BCUT2D eigenvalue weighted by atomic mass is 16.1. The summed E-state index contributed by atoms with van der Waals surface area (Å²) in [7, 11) is 0. The van der Waals surface area contributed by atoms with Crippen LogP contribution >= 0.6 is 0 Å². The van der Waals surface area contributed by atoms with Gasteiger partial charge in [-0.1, -0.05) is 32.1 Å². The molecule has 6 heteroatoms. The van der Waals surface area contributed by atoms with Gasteiger partial charge in [-0.05, 0) is 70.9 Å². The number of carbonyl (C=O) groups excluding carboxylic acids is 1. The van der Waals surface area contributed by atoms with Crippen LogP contribution in [0.2, 0.25) is 0 Å². The van der Waals surface area contributed by atoms with Crippen LogP contribution in [-0.4, -0.2) is 44.0 Å². The minimum absolute atomic E-state index is 0.172. The molecule has 1 atom stereocenters. The molecule has 0 bridgehead atoms. The molecular weight excluding hydrogens is 398 g/mol. The highest BCUT2D eigenvalue weighted by molar-refractivity contribution is 5.76. The van der Waals surface area contributed by atoms with Crippen molar-refractivity contribution in [1.29, 1.82) is 0 Å². The van der Waals surface area contributed by atoms with Crippen molar-refractivity contribution >= 4 is 11.6 Å².